The molecule has 0 saturated heterocycles. The van der Waals surface area contributed by atoms with Crippen molar-refractivity contribution in [2.24, 2.45) is 5.41 Å². The number of hydrogen-bond acceptors (Lipinski definition) is 3. The Morgan fingerprint density at radius 1 is 1.56 bits per heavy atom. The van der Waals surface area contributed by atoms with Crippen LogP contribution in [0.25, 0.3) is 0 Å². The predicted octanol–water partition coefficient (Wildman–Crippen LogP) is 3.21. The zero-order valence-corrected chi connectivity index (χ0v) is 11.2. The van der Waals surface area contributed by atoms with Crippen LogP contribution in [0.1, 0.15) is 62.4 Å². The predicted molar refractivity (Wildman–Crippen MR) is 68.6 cm³/mol. The first-order chi connectivity index (χ1) is 8.40. The van der Waals surface area contributed by atoms with Crippen molar-refractivity contribution >= 4 is 5.97 Å². The summed E-state index contributed by atoms with van der Waals surface area (Å²) in [4.78, 5) is 10.8. The van der Waals surface area contributed by atoms with Crippen LogP contribution in [0.15, 0.2) is 16.5 Å². The lowest BCUT2D eigenvalue weighted by atomic mass is 9.87. The van der Waals surface area contributed by atoms with E-state index in [1.807, 2.05) is 6.92 Å². The molecule has 4 nitrogen and oxygen atoms in total. The Labute approximate surface area is 107 Å². The number of carbonyl (C=O) groups is 1. The number of carboxylic acids is 1. The van der Waals surface area contributed by atoms with Gasteiger partial charge in [-0.2, -0.15) is 0 Å². The van der Waals surface area contributed by atoms with E-state index in [1.54, 1.807) is 6.07 Å². The molecule has 1 aromatic heterocycles. The molecular formula is C14H21NO3. The van der Waals surface area contributed by atoms with Gasteiger partial charge in [0.2, 0.25) is 5.76 Å². The van der Waals surface area contributed by atoms with E-state index < -0.39 is 5.97 Å². The van der Waals surface area contributed by atoms with Gasteiger partial charge in [0.1, 0.15) is 5.76 Å². The minimum atomic E-state index is -1.02. The molecular weight excluding hydrogens is 230 g/mol. The molecule has 0 aromatic carbocycles. The molecule has 0 amide bonds. The number of nitrogens with one attached hydrogen (secondary N) is 1. The van der Waals surface area contributed by atoms with E-state index in [9.17, 15) is 4.79 Å². The minimum absolute atomic E-state index is 0.00401. The highest BCUT2D eigenvalue weighted by atomic mass is 16.4. The largest absolute Gasteiger partial charge is 0.475 e. The van der Waals surface area contributed by atoms with Gasteiger partial charge in [0.05, 0.1) is 6.04 Å². The van der Waals surface area contributed by atoms with Crippen molar-refractivity contribution in [2.75, 3.05) is 0 Å². The Bertz CT molecular complexity index is 436. The lowest BCUT2D eigenvalue weighted by Crippen LogP contribution is -2.39. The molecule has 0 radical (unpaired) electrons. The Kier molecular flexibility index (Phi) is 3.48. The van der Waals surface area contributed by atoms with E-state index in [0.29, 0.717) is 17.2 Å². The average Bonchev–Trinajstić information content (AvgIpc) is 2.86. The third kappa shape index (κ3) is 2.58. The summed E-state index contributed by atoms with van der Waals surface area (Å²) >= 11 is 0. The Morgan fingerprint density at radius 3 is 2.78 bits per heavy atom. The lowest BCUT2D eigenvalue weighted by molar-refractivity contribution is 0.0659. The van der Waals surface area contributed by atoms with Gasteiger partial charge in [-0.1, -0.05) is 20.3 Å². The molecule has 0 spiro atoms. The standard InChI is InChI=1S/C14H21NO3/c1-9(10-6-7-11(18-10)13(16)17)15-12-5-4-8-14(12,2)3/h6-7,9,12,15H,4-5,8H2,1-3H3,(H,16,17). The average molecular weight is 251 g/mol. The topological polar surface area (TPSA) is 62.5 Å². The van der Waals surface area contributed by atoms with E-state index in [2.05, 4.69) is 19.2 Å². The Morgan fingerprint density at radius 2 is 2.28 bits per heavy atom. The van der Waals surface area contributed by atoms with Crippen molar-refractivity contribution < 1.29 is 14.3 Å². The van der Waals surface area contributed by atoms with Gasteiger partial charge >= 0.3 is 5.97 Å². The molecule has 1 saturated carbocycles. The maximum atomic E-state index is 10.8. The molecule has 100 valence electrons. The molecule has 0 bridgehead atoms. The van der Waals surface area contributed by atoms with Crippen LogP contribution in [0, 0.1) is 5.41 Å². The highest BCUT2D eigenvalue weighted by molar-refractivity contribution is 5.84. The zero-order valence-electron chi connectivity index (χ0n) is 11.2. The minimum Gasteiger partial charge on any atom is -0.475 e. The molecule has 1 aromatic rings. The van der Waals surface area contributed by atoms with E-state index in [-0.39, 0.29) is 11.8 Å². The molecule has 2 unspecified atom stereocenters. The fraction of sp³-hybridized carbons (Fsp3) is 0.643. The van der Waals surface area contributed by atoms with Crippen LogP contribution >= 0.6 is 0 Å². The van der Waals surface area contributed by atoms with Gasteiger partial charge in [-0.3, -0.25) is 0 Å². The highest BCUT2D eigenvalue weighted by Gasteiger charge is 2.35. The number of rotatable bonds is 4. The molecule has 18 heavy (non-hydrogen) atoms. The van der Waals surface area contributed by atoms with Gasteiger partial charge in [0.15, 0.2) is 0 Å². The first kappa shape index (κ1) is 13.1. The number of furan rings is 1. The zero-order chi connectivity index (χ0) is 13.3. The fourth-order valence-corrected chi connectivity index (χ4v) is 2.72. The molecule has 1 aliphatic carbocycles. The van der Waals surface area contributed by atoms with Gasteiger partial charge in [-0.15, -0.1) is 0 Å². The van der Waals surface area contributed by atoms with Crippen LogP contribution in [0.4, 0.5) is 0 Å². The van der Waals surface area contributed by atoms with Gasteiger partial charge in [0, 0.05) is 6.04 Å². The first-order valence-electron chi connectivity index (χ1n) is 6.49. The number of aromatic carboxylic acids is 1. The van der Waals surface area contributed by atoms with Gasteiger partial charge in [0.25, 0.3) is 0 Å². The molecule has 1 heterocycles. The third-order valence-electron chi connectivity index (χ3n) is 3.97. The fourth-order valence-electron chi connectivity index (χ4n) is 2.72. The van der Waals surface area contributed by atoms with Crippen LogP contribution in [-0.4, -0.2) is 17.1 Å². The smallest absolute Gasteiger partial charge is 0.371 e. The summed E-state index contributed by atoms with van der Waals surface area (Å²) in [7, 11) is 0. The molecule has 2 rings (SSSR count). The van der Waals surface area contributed by atoms with Crippen molar-refractivity contribution in [2.45, 2.75) is 52.1 Å². The summed E-state index contributed by atoms with van der Waals surface area (Å²) in [5, 5.41) is 12.4. The molecule has 1 fully saturated rings. The molecule has 0 aliphatic heterocycles. The van der Waals surface area contributed by atoms with Crippen LogP contribution in [0.3, 0.4) is 0 Å². The van der Waals surface area contributed by atoms with E-state index >= 15 is 0 Å². The Balaban J connectivity index is 2.03. The van der Waals surface area contributed by atoms with Gasteiger partial charge in [-0.05, 0) is 37.3 Å². The SMILES string of the molecule is CC(NC1CCCC1(C)C)c1ccc(C(=O)O)o1. The second-order valence-electron chi connectivity index (χ2n) is 5.83. The normalized spacial score (nSPS) is 24.1. The summed E-state index contributed by atoms with van der Waals surface area (Å²) in [6.07, 6.45) is 3.65. The van der Waals surface area contributed by atoms with E-state index in [4.69, 9.17) is 9.52 Å². The quantitative estimate of drug-likeness (QED) is 0.862. The van der Waals surface area contributed by atoms with E-state index in [0.717, 1.165) is 0 Å². The summed E-state index contributed by atoms with van der Waals surface area (Å²) in [6.45, 7) is 6.56. The van der Waals surface area contributed by atoms with Crippen molar-refractivity contribution in [3.63, 3.8) is 0 Å². The summed E-state index contributed by atoms with van der Waals surface area (Å²) in [6, 6.07) is 3.75. The van der Waals surface area contributed by atoms with Crippen molar-refractivity contribution in [3.8, 4) is 0 Å². The third-order valence-corrected chi connectivity index (χ3v) is 3.97. The molecule has 4 heteroatoms. The van der Waals surface area contributed by atoms with Gasteiger partial charge < -0.3 is 14.8 Å². The molecule has 1 aliphatic rings. The van der Waals surface area contributed by atoms with Gasteiger partial charge in [-0.25, -0.2) is 4.79 Å². The summed E-state index contributed by atoms with van der Waals surface area (Å²) < 4.78 is 5.32. The monoisotopic (exact) mass is 251 g/mol. The number of hydrogen-bond donors (Lipinski definition) is 2. The molecule has 2 N–H and O–H groups in total. The van der Waals surface area contributed by atoms with Crippen molar-refractivity contribution in [1.29, 1.82) is 0 Å². The molecule has 2 atom stereocenters. The van der Waals surface area contributed by atoms with Crippen LogP contribution < -0.4 is 5.32 Å². The van der Waals surface area contributed by atoms with Crippen LogP contribution in [0.5, 0.6) is 0 Å². The second-order valence-corrected chi connectivity index (χ2v) is 5.83. The highest BCUT2D eigenvalue weighted by Crippen LogP contribution is 2.38. The number of carboxylic acid groups (broad SMARTS) is 1. The lowest BCUT2D eigenvalue weighted by Gasteiger charge is -2.30. The maximum Gasteiger partial charge on any atom is 0.371 e. The first-order valence-corrected chi connectivity index (χ1v) is 6.49. The van der Waals surface area contributed by atoms with Crippen molar-refractivity contribution in [1.82, 2.24) is 5.32 Å². The Hall–Kier alpha value is -1.29. The summed E-state index contributed by atoms with van der Waals surface area (Å²) in [5.74, 6) is -0.325. The van der Waals surface area contributed by atoms with E-state index in [1.165, 1.54) is 25.3 Å². The van der Waals surface area contributed by atoms with Crippen LogP contribution in [0.2, 0.25) is 0 Å². The van der Waals surface area contributed by atoms with Crippen LogP contribution in [-0.2, 0) is 0 Å². The maximum absolute atomic E-state index is 10.8. The second kappa shape index (κ2) is 4.76. The summed E-state index contributed by atoms with van der Waals surface area (Å²) in [5.41, 5.74) is 0.302. The van der Waals surface area contributed by atoms with Crippen molar-refractivity contribution in [3.05, 3.63) is 23.7 Å².